The number of nitrogens with two attached hydrogens (primary N) is 1. The number of primary amides is 1. The number of carbonyl (C=O) groups excluding carboxylic acids is 1. The summed E-state index contributed by atoms with van der Waals surface area (Å²) in [5.74, 6) is 0.412. The average Bonchev–Trinajstić information content (AvgIpc) is 2.79. The Hall–Kier alpha value is -3.07. The van der Waals surface area contributed by atoms with Gasteiger partial charge >= 0.3 is 11.7 Å². The summed E-state index contributed by atoms with van der Waals surface area (Å²) in [4.78, 5) is 36.9. The number of hydrogen-bond acceptors (Lipinski definition) is 5. The number of carbonyl (C=O) groups is 1. The molecule has 0 atom stereocenters. The van der Waals surface area contributed by atoms with E-state index in [2.05, 4.69) is 15.0 Å². The Morgan fingerprint density at radius 2 is 2.00 bits per heavy atom. The zero-order chi connectivity index (χ0) is 16.8. The zero-order valence-electron chi connectivity index (χ0n) is 13.0. The molecule has 0 aliphatic heterocycles. The van der Waals surface area contributed by atoms with Gasteiger partial charge in [-0.05, 0) is 12.1 Å². The molecule has 0 unspecified atom stereocenters. The van der Waals surface area contributed by atoms with Crippen molar-refractivity contribution in [3.8, 4) is 11.4 Å². The van der Waals surface area contributed by atoms with Gasteiger partial charge in [0.05, 0.1) is 27.3 Å². The summed E-state index contributed by atoms with van der Waals surface area (Å²) < 4.78 is 2.37. The highest BCUT2D eigenvalue weighted by atomic mass is 16.2. The summed E-state index contributed by atoms with van der Waals surface area (Å²) in [6, 6.07) is 2.71. The van der Waals surface area contributed by atoms with Crippen LogP contribution >= 0.6 is 0 Å². The second-order valence-electron chi connectivity index (χ2n) is 5.85. The molecule has 23 heavy (non-hydrogen) atoms. The highest BCUT2D eigenvalue weighted by molar-refractivity contribution is 5.87. The maximum atomic E-state index is 12.6. The highest BCUT2D eigenvalue weighted by Crippen LogP contribution is 2.17. The lowest BCUT2D eigenvalue weighted by atomic mass is 10.3. The lowest BCUT2D eigenvalue weighted by molar-refractivity contribution is 0.242. The van der Waals surface area contributed by atoms with Crippen LogP contribution in [0, 0.1) is 0 Å². The first-order valence-electron chi connectivity index (χ1n) is 6.83. The summed E-state index contributed by atoms with van der Waals surface area (Å²) >= 11 is 0. The van der Waals surface area contributed by atoms with Crippen molar-refractivity contribution in [2.24, 2.45) is 5.73 Å². The molecule has 3 aromatic rings. The highest BCUT2D eigenvalue weighted by Gasteiger charge is 2.27. The maximum Gasteiger partial charge on any atom is 0.383 e. The summed E-state index contributed by atoms with van der Waals surface area (Å²) in [7, 11) is 5.37. The Balaban J connectivity index is 2.39. The molecule has 0 radical (unpaired) electrons. The topological polar surface area (TPSA) is 109 Å². The van der Waals surface area contributed by atoms with E-state index in [-0.39, 0.29) is 10.1 Å². The van der Waals surface area contributed by atoms with Gasteiger partial charge in [0.25, 0.3) is 0 Å². The summed E-state index contributed by atoms with van der Waals surface area (Å²) in [5, 5.41) is 0. The van der Waals surface area contributed by atoms with Gasteiger partial charge in [0.2, 0.25) is 5.65 Å². The summed E-state index contributed by atoms with van der Waals surface area (Å²) in [5.41, 5.74) is 6.07. The third-order valence-corrected chi connectivity index (χ3v) is 3.30. The second kappa shape index (κ2) is 4.99. The lowest BCUT2D eigenvalue weighted by Crippen LogP contribution is -2.53. The number of fused-ring (bicyclic) bond motifs is 1. The van der Waals surface area contributed by atoms with Crippen molar-refractivity contribution in [1.82, 2.24) is 28.8 Å². The SMILES string of the molecule is C[N+](C)(C)n1c(=O)n(C(N)=O)c2cnc(-c3cccnc3)nc21. The van der Waals surface area contributed by atoms with Gasteiger partial charge in [-0.3, -0.25) is 4.98 Å². The average molecular weight is 314 g/mol. The fraction of sp³-hybridized carbons (Fsp3) is 0.214. The Kier molecular flexibility index (Phi) is 3.22. The number of aromatic nitrogens is 5. The molecule has 0 bridgehead atoms. The van der Waals surface area contributed by atoms with Crippen molar-refractivity contribution < 1.29 is 4.79 Å². The molecule has 3 aromatic heterocycles. The first kappa shape index (κ1) is 14.9. The number of hydrogen-bond donors (Lipinski definition) is 1. The molecule has 3 heterocycles. The third-order valence-electron chi connectivity index (χ3n) is 3.30. The van der Waals surface area contributed by atoms with Gasteiger partial charge in [-0.15, -0.1) is 4.68 Å². The number of amides is 1. The predicted molar refractivity (Wildman–Crippen MR) is 85.3 cm³/mol. The smallest absolute Gasteiger partial charge is 0.351 e. The van der Waals surface area contributed by atoms with Gasteiger partial charge in [0.15, 0.2) is 5.82 Å². The molecule has 9 nitrogen and oxygen atoms in total. The zero-order valence-corrected chi connectivity index (χ0v) is 13.0. The molecule has 0 fully saturated rings. The molecular weight excluding hydrogens is 298 g/mol. The quantitative estimate of drug-likeness (QED) is 0.665. The van der Waals surface area contributed by atoms with Gasteiger partial charge < -0.3 is 5.73 Å². The van der Waals surface area contributed by atoms with Crippen LogP contribution < -0.4 is 16.0 Å². The molecular formula is C14H16N7O2+. The van der Waals surface area contributed by atoms with Crippen LogP contribution in [0.4, 0.5) is 4.79 Å². The number of nitrogens with zero attached hydrogens (tertiary/aromatic N) is 6. The second-order valence-corrected chi connectivity index (χ2v) is 5.85. The van der Waals surface area contributed by atoms with Crippen LogP contribution in [0.3, 0.4) is 0 Å². The molecule has 0 aliphatic rings. The Labute approximate surface area is 131 Å². The molecule has 0 aromatic carbocycles. The molecule has 0 saturated carbocycles. The van der Waals surface area contributed by atoms with Crippen LogP contribution in [0.25, 0.3) is 22.6 Å². The minimum absolute atomic E-state index is 0.124. The Bertz CT molecular complexity index is 951. The van der Waals surface area contributed by atoms with E-state index in [1.807, 2.05) is 6.07 Å². The van der Waals surface area contributed by atoms with Crippen molar-refractivity contribution in [2.45, 2.75) is 0 Å². The Morgan fingerprint density at radius 1 is 1.26 bits per heavy atom. The molecule has 9 heteroatoms. The van der Waals surface area contributed by atoms with E-state index in [4.69, 9.17) is 5.73 Å². The minimum Gasteiger partial charge on any atom is -0.351 e. The minimum atomic E-state index is -0.870. The number of imidazole rings is 1. The summed E-state index contributed by atoms with van der Waals surface area (Å²) in [6.45, 7) is 0. The van der Waals surface area contributed by atoms with E-state index in [9.17, 15) is 9.59 Å². The number of quaternary nitrogens is 1. The van der Waals surface area contributed by atoms with Crippen molar-refractivity contribution in [3.63, 3.8) is 0 Å². The van der Waals surface area contributed by atoms with Crippen molar-refractivity contribution in [1.29, 1.82) is 0 Å². The Morgan fingerprint density at radius 3 is 2.57 bits per heavy atom. The lowest BCUT2D eigenvalue weighted by Gasteiger charge is -2.22. The molecule has 2 N–H and O–H groups in total. The number of rotatable bonds is 2. The standard InChI is InChI=1S/C14H15N7O2/c1-21(2,3)20-12-10(19(13(15)22)14(20)23)8-17-11(18-12)9-5-4-6-16-7-9/h4-8H,1-3H3,(H-,15,22)/p+1. The maximum absolute atomic E-state index is 12.6. The van der Waals surface area contributed by atoms with E-state index >= 15 is 0 Å². The first-order valence-corrected chi connectivity index (χ1v) is 6.83. The number of pyridine rings is 1. The van der Waals surface area contributed by atoms with E-state index in [1.54, 1.807) is 39.6 Å². The van der Waals surface area contributed by atoms with Crippen LogP contribution in [0.2, 0.25) is 0 Å². The fourth-order valence-electron chi connectivity index (χ4n) is 2.36. The van der Waals surface area contributed by atoms with E-state index in [0.717, 1.165) is 4.57 Å². The fourth-order valence-corrected chi connectivity index (χ4v) is 2.36. The largest absolute Gasteiger partial charge is 0.383 e. The van der Waals surface area contributed by atoms with Crippen LogP contribution in [-0.2, 0) is 0 Å². The van der Waals surface area contributed by atoms with Crippen molar-refractivity contribution in [3.05, 3.63) is 41.2 Å². The van der Waals surface area contributed by atoms with Gasteiger partial charge in [-0.25, -0.2) is 28.7 Å². The van der Waals surface area contributed by atoms with Gasteiger partial charge in [0.1, 0.15) is 5.52 Å². The molecule has 3 rings (SSSR count). The van der Waals surface area contributed by atoms with E-state index < -0.39 is 11.7 Å². The molecule has 0 saturated heterocycles. The van der Waals surface area contributed by atoms with Crippen molar-refractivity contribution >= 4 is 17.2 Å². The van der Waals surface area contributed by atoms with E-state index in [1.165, 1.54) is 10.9 Å². The van der Waals surface area contributed by atoms with E-state index in [0.29, 0.717) is 17.0 Å². The van der Waals surface area contributed by atoms with Crippen molar-refractivity contribution in [2.75, 3.05) is 21.1 Å². The molecule has 1 amide bonds. The van der Waals surface area contributed by atoms with Gasteiger partial charge in [0, 0.05) is 18.0 Å². The van der Waals surface area contributed by atoms with Crippen LogP contribution in [0.15, 0.2) is 35.5 Å². The van der Waals surface area contributed by atoms with Gasteiger partial charge in [-0.2, -0.15) is 0 Å². The van der Waals surface area contributed by atoms with Gasteiger partial charge in [-0.1, -0.05) is 0 Å². The monoisotopic (exact) mass is 314 g/mol. The van der Waals surface area contributed by atoms with Crippen LogP contribution in [-0.4, -0.2) is 51.4 Å². The predicted octanol–water partition coefficient (Wildman–Crippen LogP) is -0.0899. The molecule has 0 aliphatic carbocycles. The summed E-state index contributed by atoms with van der Waals surface area (Å²) in [6.07, 6.45) is 4.69. The normalized spacial score (nSPS) is 11.8. The molecule has 118 valence electrons. The van der Waals surface area contributed by atoms with Crippen LogP contribution in [0.1, 0.15) is 0 Å². The molecule has 0 spiro atoms. The van der Waals surface area contributed by atoms with Crippen LogP contribution in [0.5, 0.6) is 0 Å². The third kappa shape index (κ3) is 2.36. The first-order chi connectivity index (χ1) is 10.8.